The summed E-state index contributed by atoms with van der Waals surface area (Å²) in [4.78, 5) is 0. The molecule has 1 aliphatic carbocycles. The summed E-state index contributed by atoms with van der Waals surface area (Å²) < 4.78 is 12.6. The van der Waals surface area contributed by atoms with Crippen molar-refractivity contribution in [1.82, 2.24) is 0 Å². The molecular weight excluding hydrogens is 139 g/mol. The second-order valence-corrected chi connectivity index (χ2v) is 3.02. The van der Waals surface area contributed by atoms with Gasteiger partial charge in [0.25, 0.3) is 0 Å². The molecule has 1 rings (SSSR count). The highest BCUT2D eigenvalue weighted by atomic mass is 19.1. The summed E-state index contributed by atoms with van der Waals surface area (Å²) in [7, 11) is 0. The maximum absolute atomic E-state index is 12.6. The molecule has 60 valence electrons. The minimum Gasteiger partial charge on any atom is -0.207 e. The van der Waals surface area contributed by atoms with Gasteiger partial charge in [0.2, 0.25) is 0 Å². The fourth-order valence-corrected chi connectivity index (χ4v) is 1.05. The van der Waals surface area contributed by atoms with Gasteiger partial charge in [0.05, 0.1) is 0 Å². The predicted molar refractivity (Wildman–Crippen MR) is 45.9 cm³/mol. The molecule has 0 spiro atoms. The normalized spacial score (nSPS) is 17.8. The van der Waals surface area contributed by atoms with Crippen LogP contribution >= 0.6 is 0 Å². The van der Waals surface area contributed by atoms with Crippen molar-refractivity contribution < 1.29 is 4.39 Å². The van der Waals surface area contributed by atoms with Crippen LogP contribution < -0.4 is 0 Å². The van der Waals surface area contributed by atoms with Gasteiger partial charge >= 0.3 is 0 Å². The van der Waals surface area contributed by atoms with Gasteiger partial charge in [0.15, 0.2) is 0 Å². The molecule has 0 saturated carbocycles. The average Bonchev–Trinajstić information content (AvgIpc) is 2.13. The fraction of sp³-hybridized carbons (Fsp3) is 0.400. The molecule has 0 unspecified atom stereocenters. The van der Waals surface area contributed by atoms with E-state index >= 15 is 0 Å². The Balaban J connectivity index is 2.74. The van der Waals surface area contributed by atoms with Crippen molar-refractivity contribution in [2.24, 2.45) is 5.92 Å². The van der Waals surface area contributed by atoms with Crippen LogP contribution in [0, 0.1) is 5.92 Å². The number of allylic oxidation sites excluding steroid dienone is 6. The number of rotatable bonds is 1. The van der Waals surface area contributed by atoms with E-state index in [0.717, 1.165) is 0 Å². The van der Waals surface area contributed by atoms with Gasteiger partial charge in [-0.25, -0.2) is 4.39 Å². The van der Waals surface area contributed by atoms with Crippen molar-refractivity contribution in [2.75, 3.05) is 0 Å². The smallest absolute Gasteiger partial charge is 0.119 e. The van der Waals surface area contributed by atoms with E-state index in [-0.39, 0.29) is 5.83 Å². The van der Waals surface area contributed by atoms with Crippen molar-refractivity contribution in [3.05, 3.63) is 35.7 Å². The van der Waals surface area contributed by atoms with E-state index in [2.05, 4.69) is 19.9 Å². The lowest BCUT2D eigenvalue weighted by molar-refractivity contribution is 0.663. The number of halogens is 1. The van der Waals surface area contributed by atoms with E-state index in [1.165, 1.54) is 11.6 Å². The quantitative estimate of drug-likeness (QED) is 0.540. The summed E-state index contributed by atoms with van der Waals surface area (Å²) in [6.07, 6.45) is 7.74. The highest BCUT2D eigenvalue weighted by Crippen LogP contribution is 2.17. The van der Waals surface area contributed by atoms with Crippen molar-refractivity contribution >= 4 is 0 Å². The Morgan fingerprint density at radius 2 is 2.00 bits per heavy atom. The Kier molecular flexibility index (Phi) is 2.64. The first-order valence-electron chi connectivity index (χ1n) is 3.94. The summed E-state index contributed by atoms with van der Waals surface area (Å²) in [5.74, 6) is 0.363. The molecule has 0 nitrogen and oxygen atoms in total. The lowest BCUT2D eigenvalue weighted by Crippen LogP contribution is -1.88. The maximum Gasteiger partial charge on any atom is 0.119 e. The second kappa shape index (κ2) is 3.51. The van der Waals surface area contributed by atoms with Crippen LogP contribution in [0.25, 0.3) is 0 Å². The molecule has 0 aromatic heterocycles. The van der Waals surface area contributed by atoms with E-state index in [4.69, 9.17) is 0 Å². The molecule has 0 atom stereocenters. The van der Waals surface area contributed by atoms with Crippen LogP contribution in [0.5, 0.6) is 0 Å². The summed E-state index contributed by atoms with van der Waals surface area (Å²) in [5, 5.41) is 0. The minimum absolute atomic E-state index is 0.128. The standard InChI is InChI=1S/C10H13F/c1-8(2)9-4-3-5-10(11)7-6-9/h4-8H,3H2,1-2H3. The van der Waals surface area contributed by atoms with Gasteiger partial charge in [-0.1, -0.05) is 26.0 Å². The van der Waals surface area contributed by atoms with Gasteiger partial charge in [-0.2, -0.15) is 0 Å². The molecule has 0 saturated heterocycles. The third kappa shape index (κ3) is 2.34. The maximum atomic E-state index is 12.6. The third-order valence-corrected chi connectivity index (χ3v) is 1.77. The zero-order valence-electron chi connectivity index (χ0n) is 6.97. The van der Waals surface area contributed by atoms with E-state index < -0.39 is 0 Å². The first-order valence-corrected chi connectivity index (χ1v) is 3.94. The number of hydrogen-bond donors (Lipinski definition) is 0. The first kappa shape index (κ1) is 8.25. The molecule has 0 N–H and O–H groups in total. The van der Waals surface area contributed by atoms with Crippen LogP contribution in [-0.2, 0) is 0 Å². The summed E-state index contributed by atoms with van der Waals surface area (Å²) in [6, 6.07) is 0. The fourth-order valence-electron chi connectivity index (χ4n) is 1.05. The van der Waals surface area contributed by atoms with Gasteiger partial charge in [0, 0.05) is 0 Å². The van der Waals surface area contributed by atoms with Crippen molar-refractivity contribution in [3.8, 4) is 0 Å². The van der Waals surface area contributed by atoms with Crippen LogP contribution in [0.1, 0.15) is 20.3 Å². The van der Waals surface area contributed by atoms with E-state index in [1.807, 2.05) is 6.08 Å². The Labute approximate surface area is 67.1 Å². The summed E-state index contributed by atoms with van der Waals surface area (Å²) in [6.45, 7) is 4.22. The van der Waals surface area contributed by atoms with Gasteiger partial charge in [-0.15, -0.1) is 0 Å². The molecule has 0 amide bonds. The first-order chi connectivity index (χ1) is 5.20. The molecule has 0 heterocycles. The zero-order chi connectivity index (χ0) is 8.27. The van der Waals surface area contributed by atoms with Gasteiger partial charge in [-0.05, 0) is 30.1 Å². The third-order valence-electron chi connectivity index (χ3n) is 1.77. The van der Waals surface area contributed by atoms with Crippen LogP contribution in [-0.4, -0.2) is 0 Å². The predicted octanol–water partition coefficient (Wildman–Crippen LogP) is 3.38. The minimum atomic E-state index is -0.128. The molecule has 1 aliphatic rings. The Bertz CT molecular complexity index is 219. The van der Waals surface area contributed by atoms with Crippen molar-refractivity contribution in [3.63, 3.8) is 0 Å². The lowest BCUT2D eigenvalue weighted by atomic mass is 10.0. The molecule has 0 aliphatic heterocycles. The molecule has 0 aromatic carbocycles. The second-order valence-electron chi connectivity index (χ2n) is 3.02. The average molecular weight is 152 g/mol. The monoisotopic (exact) mass is 152 g/mol. The highest BCUT2D eigenvalue weighted by Gasteiger charge is 2.00. The van der Waals surface area contributed by atoms with Crippen LogP contribution in [0.4, 0.5) is 4.39 Å². The highest BCUT2D eigenvalue weighted by molar-refractivity contribution is 5.30. The van der Waals surface area contributed by atoms with Gasteiger partial charge in [-0.3, -0.25) is 0 Å². The van der Waals surface area contributed by atoms with Gasteiger partial charge in [0.1, 0.15) is 5.83 Å². The topological polar surface area (TPSA) is 0 Å². The summed E-state index contributed by atoms with van der Waals surface area (Å²) >= 11 is 0. The summed E-state index contributed by atoms with van der Waals surface area (Å²) in [5.41, 5.74) is 1.22. The Morgan fingerprint density at radius 1 is 1.27 bits per heavy atom. The van der Waals surface area contributed by atoms with Crippen LogP contribution in [0.15, 0.2) is 35.7 Å². The van der Waals surface area contributed by atoms with Crippen LogP contribution in [0.3, 0.4) is 0 Å². The van der Waals surface area contributed by atoms with Crippen LogP contribution in [0.2, 0.25) is 0 Å². The molecule has 1 heteroatoms. The van der Waals surface area contributed by atoms with Crippen molar-refractivity contribution in [2.45, 2.75) is 20.3 Å². The Morgan fingerprint density at radius 3 is 2.64 bits per heavy atom. The molecule has 11 heavy (non-hydrogen) atoms. The largest absolute Gasteiger partial charge is 0.207 e. The molecular formula is C10H13F. The molecule has 0 bridgehead atoms. The van der Waals surface area contributed by atoms with E-state index in [0.29, 0.717) is 12.3 Å². The number of hydrogen-bond acceptors (Lipinski definition) is 0. The molecule has 0 aromatic rings. The molecule has 0 fully saturated rings. The zero-order valence-corrected chi connectivity index (χ0v) is 6.97. The lowest BCUT2D eigenvalue weighted by Gasteiger charge is -2.03. The van der Waals surface area contributed by atoms with Crippen molar-refractivity contribution in [1.29, 1.82) is 0 Å². The molecule has 0 radical (unpaired) electrons. The Hall–Kier alpha value is -0.850. The SMILES string of the molecule is CC(C)C1=CCC=C(F)C=C1. The van der Waals surface area contributed by atoms with E-state index in [9.17, 15) is 4.39 Å². The van der Waals surface area contributed by atoms with E-state index in [1.54, 1.807) is 6.08 Å². The van der Waals surface area contributed by atoms with Gasteiger partial charge < -0.3 is 0 Å².